The number of aryl methyl sites for hydroxylation is 1. The fourth-order valence-corrected chi connectivity index (χ4v) is 6.66. The molecule has 5 aromatic rings. The molecule has 7 rings (SSSR count). The van der Waals surface area contributed by atoms with Crippen molar-refractivity contribution in [3.05, 3.63) is 138 Å². The quantitative estimate of drug-likeness (QED) is 0.316. The van der Waals surface area contributed by atoms with Crippen molar-refractivity contribution in [1.82, 2.24) is 4.57 Å². The van der Waals surface area contributed by atoms with E-state index in [9.17, 15) is 14.7 Å². The Morgan fingerprint density at radius 1 is 1.02 bits per heavy atom. The third kappa shape index (κ3) is 4.24. The number of hydrogen-bond donors (Lipinski definition) is 1. The van der Waals surface area contributed by atoms with E-state index in [-0.39, 0.29) is 17.2 Å². The lowest BCUT2D eigenvalue weighted by molar-refractivity contribution is 0.0697. The summed E-state index contributed by atoms with van der Waals surface area (Å²) in [5.74, 6) is 0.850. The first kappa shape index (κ1) is 25.0. The summed E-state index contributed by atoms with van der Waals surface area (Å²) in [5, 5.41) is 9.17. The highest BCUT2D eigenvalue weighted by Crippen LogP contribution is 2.43. The molecule has 1 atom stereocenters. The molecule has 3 aromatic carbocycles. The van der Waals surface area contributed by atoms with Crippen LogP contribution in [0.5, 0.6) is 5.75 Å². The Labute approximate surface area is 238 Å². The molecule has 3 heterocycles. The number of methoxy groups -OCH3 is 1. The van der Waals surface area contributed by atoms with Crippen LogP contribution in [0.1, 0.15) is 45.3 Å². The molecule has 1 N–H and O–H groups in total. The molecule has 1 aliphatic carbocycles. The lowest BCUT2D eigenvalue weighted by atomic mass is 9.83. The Balaban J connectivity index is 1.38. The number of carboxylic acids is 1. The molecule has 0 amide bonds. The number of furan rings is 1. The van der Waals surface area contributed by atoms with Gasteiger partial charge in [-0.05, 0) is 54.3 Å². The molecule has 7 nitrogen and oxygen atoms in total. The van der Waals surface area contributed by atoms with Crippen LogP contribution in [0.2, 0.25) is 0 Å². The Kier molecular flexibility index (Phi) is 6.05. The fourth-order valence-electron chi connectivity index (χ4n) is 5.68. The van der Waals surface area contributed by atoms with Crippen LogP contribution in [0.25, 0.3) is 23.1 Å². The van der Waals surface area contributed by atoms with Gasteiger partial charge in [0.1, 0.15) is 17.3 Å². The zero-order valence-corrected chi connectivity index (χ0v) is 22.9. The molecule has 0 radical (unpaired) electrons. The molecule has 202 valence electrons. The van der Waals surface area contributed by atoms with E-state index in [0.717, 1.165) is 46.6 Å². The molecule has 1 aliphatic heterocycles. The highest BCUT2D eigenvalue weighted by Gasteiger charge is 2.34. The van der Waals surface area contributed by atoms with Gasteiger partial charge in [0, 0.05) is 22.8 Å². The first-order valence-electron chi connectivity index (χ1n) is 13.2. The van der Waals surface area contributed by atoms with Gasteiger partial charge < -0.3 is 14.3 Å². The van der Waals surface area contributed by atoms with Gasteiger partial charge in [-0.25, -0.2) is 9.79 Å². The van der Waals surface area contributed by atoms with Crippen molar-refractivity contribution in [1.29, 1.82) is 0 Å². The lowest BCUT2D eigenvalue weighted by Crippen LogP contribution is -2.38. The molecule has 2 aromatic heterocycles. The van der Waals surface area contributed by atoms with Crippen LogP contribution in [0.15, 0.2) is 105 Å². The highest BCUT2D eigenvalue weighted by atomic mass is 32.1. The Hall–Kier alpha value is -4.95. The second kappa shape index (κ2) is 9.91. The van der Waals surface area contributed by atoms with Crippen molar-refractivity contribution in [2.45, 2.75) is 18.9 Å². The Morgan fingerprint density at radius 3 is 2.61 bits per heavy atom. The molecule has 8 heteroatoms. The van der Waals surface area contributed by atoms with Crippen LogP contribution in [-0.2, 0) is 6.42 Å². The number of thiazole rings is 1. The molecule has 2 aliphatic rings. The number of aromatic carboxylic acids is 1. The molecule has 0 fully saturated rings. The molecule has 41 heavy (non-hydrogen) atoms. The number of fused-ring (bicyclic) bond motifs is 3. The summed E-state index contributed by atoms with van der Waals surface area (Å²) in [6.45, 7) is 0. The van der Waals surface area contributed by atoms with Gasteiger partial charge in [0.25, 0.3) is 5.56 Å². The number of rotatable bonds is 5. The predicted octanol–water partition coefficient (Wildman–Crippen LogP) is 5.29. The van der Waals surface area contributed by atoms with E-state index in [1.54, 1.807) is 36.0 Å². The molecule has 0 spiro atoms. The zero-order valence-electron chi connectivity index (χ0n) is 22.0. The number of carbonyl (C=O) groups is 1. The van der Waals surface area contributed by atoms with E-state index in [2.05, 4.69) is 18.2 Å². The first-order valence-corrected chi connectivity index (χ1v) is 14.0. The van der Waals surface area contributed by atoms with Gasteiger partial charge in [-0.15, -0.1) is 0 Å². The maximum atomic E-state index is 14.0. The van der Waals surface area contributed by atoms with E-state index in [1.807, 2.05) is 36.4 Å². The SMILES string of the molecule is COc1ccccc1C1C2=C(N=c3s/c(=C\c4ccc(-c5ccc(C(=O)O)cc5)o4)c(=O)n31)c1ccccc1CC2. The smallest absolute Gasteiger partial charge is 0.335 e. The summed E-state index contributed by atoms with van der Waals surface area (Å²) in [5.41, 5.74) is 6.14. The number of hydrogen-bond acceptors (Lipinski definition) is 6. The van der Waals surface area contributed by atoms with Gasteiger partial charge in [-0.1, -0.05) is 65.9 Å². The molecule has 0 saturated heterocycles. The van der Waals surface area contributed by atoms with Crippen molar-refractivity contribution in [3.8, 4) is 17.1 Å². The predicted molar refractivity (Wildman–Crippen MR) is 157 cm³/mol. The van der Waals surface area contributed by atoms with E-state index < -0.39 is 5.97 Å². The second-order valence-corrected chi connectivity index (χ2v) is 10.9. The number of para-hydroxylation sites is 1. The molecular formula is C33H24N2O5S. The number of carboxylic acid groups (broad SMARTS) is 1. The number of benzene rings is 3. The summed E-state index contributed by atoms with van der Waals surface area (Å²) in [6, 6.07) is 25.9. The van der Waals surface area contributed by atoms with Crippen LogP contribution < -0.4 is 19.6 Å². The van der Waals surface area contributed by atoms with Crippen LogP contribution in [0.3, 0.4) is 0 Å². The number of aromatic nitrogens is 1. The summed E-state index contributed by atoms with van der Waals surface area (Å²) in [4.78, 5) is 30.9. The third-order valence-corrected chi connectivity index (χ3v) is 8.61. The lowest BCUT2D eigenvalue weighted by Gasteiger charge is -2.31. The third-order valence-electron chi connectivity index (χ3n) is 7.62. The summed E-state index contributed by atoms with van der Waals surface area (Å²) >= 11 is 1.34. The second-order valence-electron chi connectivity index (χ2n) is 9.94. The Bertz CT molecular complexity index is 2050. The van der Waals surface area contributed by atoms with Gasteiger partial charge in [-0.3, -0.25) is 9.36 Å². The topological polar surface area (TPSA) is 94.0 Å². The standard InChI is InChI=1S/C33H24N2O5S/c1-39-27-9-5-4-8-24(27)30-25-16-14-19-6-2-3-7-23(19)29(25)34-33-35(30)31(36)28(41-33)18-22-15-17-26(40-22)20-10-12-21(13-11-20)32(37)38/h2-13,15,17-18,30H,14,16H2,1H3,(H,37,38)/b28-18-. The zero-order chi connectivity index (χ0) is 28.1. The summed E-state index contributed by atoms with van der Waals surface area (Å²) in [7, 11) is 1.65. The van der Waals surface area contributed by atoms with E-state index in [1.165, 1.54) is 29.0 Å². The van der Waals surface area contributed by atoms with Crippen LogP contribution >= 0.6 is 11.3 Å². The van der Waals surface area contributed by atoms with Crippen molar-refractivity contribution in [2.24, 2.45) is 4.99 Å². The van der Waals surface area contributed by atoms with Gasteiger partial charge in [-0.2, -0.15) is 0 Å². The normalized spacial score (nSPS) is 16.0. The van der Waals surface area contributed by atoms with E-state index >= 15 is 0 Å². The van der Waals surface area contributed by atoms with Crippen LogP contribution in [-0.4, -0.2) is 22.8 Å². The van der Waals surface area contributed by atoms with Crippen LogP contribution in [0.4, 0.5) is 0 Å². The Morgan fingerprint density at radius 2 is 1.80 bits per heavy atom. The monoisotopic (exact) mass is 560 g/mol. The van der Waals surface area contributed by atoms with E-state index in [0.29, 0.717) is 20.9 Å². The number of nitrogens with zero attached hydrogens (tertiary/aromatic N) is 2. The van der Waals surface area contributed by atoms with E-state index in [4.69, 9.17) is 14.1 Å². The van der Waals surface area contributed by atoms with Crippen molar-refractivity contribution in [2.75, 3.05) is 7.11 Å². The minimum absolute atomic E-state index is 0.140. The maximum absolute atomic E-state index is 14.0. The first-order chi connectivity index (χ1) is 20.0. The molecule has 1 unspecified atom stereocenters. The molecular weight excluding hydrogens is 536 g/mol. The minimum Gasteiger partial charge on any atom is -0.496 e. The molecule has 0 saturated carbocycles. The largest absolute Gasteiger partial charge is 0.496 e. The number of allylic oxidation sites excluding steroid dienone is 1. The van der Waals surface area contributed by atoms with Gasteiger partial charge in [0.05, 0.1) is 28.9 Å². The maximum Gasteiger partial charge on any atom is 0.335 e. The minimum atomic E-state index is -0.983. The average molecular weight is 561 g/mol. The summed E-state index contributed by atoms with van der Waals surface area (Å²) < 4.78 is 14.1. The van der Waals surface area contributed by atoms with Crippen molar-refractivity contribution < 1.29 is 19.1 Å². The summed E-state index contributed by atoms with van der Waals surface area (Å²) in [6.07, 6.45) is 3.42. The average Bonchev–Trinajstić information content (AvgIpc) is 3.60. The number of ether oxygens (including phenoxy) is 1. The highest BCUT2D eigenvalue weighted by molar-refractivity contribution is 7.07. The fraction of sp³-hybridized carbons (Fsp3) is 0.121. The van der Waals surface area contributed by atoms with Crippen molar-refractivity contribution in [3.63, 3.8) is 0 Å². The van der Waals surface area contributed by atoms with Crippen molar-refractivity contribution >= 4 is 29.1 Å². The van der Waals surface area contributed by atoms with Gasteiger partial charge in [0.2, 0.25) is 0 Å². The van der Waals surface area contributed by atoms with Gasteiger partial charge >= 0.3 is 5.97 Å². The molecule has 0 bridgehead atoms. The van der Waals surface area contributed by atoms with Gasteiger partial charge in [0.15, 0.2) is 4.80 Å². The van der Waals surface area contributed by atoms with Crippen LogP contribution in [0, 0.1) is 0 Å².